The molecule has 0 aliphatic carbocycles. The Balaban J connectivity index is 2.49. The van der Waals surface area contributed by atoms with Gasteiger partial charge in [-0.3, -0.25) is 4.98 Å². The first-order valence-electron chi connectivity index (χ1n) is 5.15. The first-order valence-corrected chi connectivity index (χ1v) is 6.14. The van der Waals surface area contributed by atoms with Crippen molar-refractivity contribution < 1.29 is 10.2 Å². The van der Waals surface area contributed by atoms with Crippen LogP contribution in [0.1, 0.15) is 31.6 Å². The van der Waals surface area contributed by atoms with E-state index in [9.17, 15) is 5.11 Å². The zero-order valence-corrected chi connectivity index (χ0v) is 9.70. The highest BCUT2D eigenvalue weighted by Gasteiger charge is 2.05. The van der Waals surface area contributed by atoms with Gasteiger partial charge < -0.3 is 10.2 Å². The largest absolute Gasteiger partial charge is 0.396 e. The number of nitrogens with zero attached hydrogens (tertiary/aromatic N) is 1. The van der Waals surface area contributed by atoms with E-state index >= 15 is 0 Å². The summed E-state index contributed by atoms with van der Waals surface area (Å²) in [7, 11) is 0. The highest BCUT2D eigenvalue weighted by Crippen LogP contribution is 2.20. The zero-order valence-electron chi connectivity index (χ0n) is 8.89. The van der Waals surface area contributed by atoms with Crippen molar-refractivity contribution in [2.45, 2.75) is 30.8 Å². The van der Waals surface area contributed by atoms with E-state index in [0.717, 1.165) is 22.8 Å². The molecule has 0 aliphatic rings. The fourth-order valence-corrected chi connectivity index (χ4v) is 1.94. The molecule has 1 aromatic rings. The molecule has 0 radical (unpaired) electrons. The van der Waals surface area contributed by atoms with Crippen molar-refractivity contribution in [2.75, 3.05) is 12.4 Å². The van der Waals surface area contributed by atoms with Crippen LogP contribution in [-0.4, -0.2) is 27.6 Å². The van der Waals surface area contributed by atoms with Gasteiger partial charge in [0.25, 0.3) is 0 Å². The molecule has 0 bridgehead atoms. The predicted octanol–water partition coefficient (Wildman–Crippen LogP) is 2.00. The molecule has 0 amide bonds. The third kappa shape index (κ3) is 4.20. The molecule has 4 heteroatoms. The first-order chi connectivity index (χ1) is 7.27. The Morgan fingerprint density at radius 2 is 2.27 bits per heavy atom. The molecule has 3 nitrogen and oxygen atoms in total. The minimum absolute atomic E-state index is 0.229. The molecule has 0 unspecified atom stereocenters. The summed E-state index contributed by atoms with van der Waals surface area (Å²) in [5, 5.41) is 18.2. The maximum Gasteiger partial charge on any atom is 0.0957 e. The minimum atomic E-state index is -0.457. The maximum absolute atomic E-state index is 9.53. The number of aliphatic hydroxyl groups is 2. The SMILES string of the molecule is CC[C@H](O)c1ccc(SCCCO)cn1. The predicted molar refractivity (Wildman–Crippen MR) is 61.9 cm³/mol. The van der Waals surface area contributed by atoms with Crippen LogP contribution in [0.4, 0.5) is 0 Å². The Bertz CT molecular complexity index is 276. The van der Waals surface area contributed by atoms with Gasteiger partial charge in [-0.2, -0.15) is 0 Å². The molecule has 15 heavy (non-hydrogen) atoms. The lowest BCUT2D eigenvalue weighted by molar-refractivity contribution is 0.169. The molecule has 0 fully saturated rings. The van der Waals surface area contributed by atoms with Crippen LogP contribution in [0.5, 0.6) is 0 Å². The number of aliphatic hydroxyl groups excluding tert-OH is 2. The number of pyridine rings is 1. The van der Waals surface area contributed by atoms with Gasteiger partial charge in [0.15, 0.2) is 0 Å². The highest BCUT2D eigenvalue weighted by molar-refractivity contribution is 7.99. The van der Waals surface area contributed by atoms with E-state index in [0.29, 0.717) is 6.42 Å². The van der Waals surface area contributed by atoms with Crippen LogP contribution >= 0.6 is 11.8 Å². The molecule has 0 saturated carbocycles. The molecule has 0 aromatic carbocycles. The third-order valence-corrected chi connectivity index (χ3v) is 3.13. The van der Waals surface area contributed by atoms with Gasteiger partial charge in [-0.25, -0.2) is 0 Å². The van der Waals surface area contributed by atoms with E-state index in [1.54, 1.807) is 18.0 Å². The second-order valence-corrected chi connectivity index (χ2v) is 4.44. The van der Waals surface area contributed by atoms with Gasteiger partial charge in [0.1, 0.15) is 0 Å². The lowest BCUT2D eigenvalue weighted by atomic mass is 10.2. The van der Waals surface area contributed by atoms with E-state index in [4.69, 9.17) is 5.11 Å². The third-order valence-electron chi connectivity index (χ3n) is 2.06. The van der Waals surface area contributed by atoms with Crippen molar-refractivity contribution in [1.82, 2.24) is 4.98 Å². The normalized spacial score (nSPS) is 12.7. The van der Waals surface area contributed by atoms with Gasteiger partial charge in [0, 0.05) is 23.5 Å². The fraction of sp³-hybridized carbons (Fsp3) is 0.545. The Kier molecular flexibility index (Phi) is 5.68. The van der Waals surface area contributed by atoms with Crippen molar-refractivity contribution in [3.63, 3.8) is 0 Å². The molecule has 1 heterocycles. The van der Waals surface area contributed by atoms with Gasteiger partial charge >= 0.3 is 0 Å². The van der Waals surface area contributed by atoms with Crippen molar-refractivity contribution >= 4 is 11.8 Å². The Labute approximate surface area is 94.6 Å². The molecule has 84 valence electrons. The maximum atomic E-state index is 9.53. The molecular formula is C11H17NO2S. The fourth-order valence-electron chi connectivity index (χ4n) is 1.14. The van der Waals surface area contributed by atoms with Gasteiger partial charge in [0.05, 0.1) is 11.8 Å². The molecule has 0 saturated heterocycles. The highest BCUT2D eigenvalue weighted by atomic mass is 32.2. The summed E-state index contributed by atoms with van der Waals surface area (Å²) in [6.07, 6.45) is 2.80. The quantitative estimate of drug-likeness (QED) is 0.576. The van der Waals surface area contributed by atoms with E-state index < -0.39 is 6.10 Å². The molecule has 0 spiro atoms. The Hall–Kier alpha value is -0.580. The molecule has 1 atom stereocenters. The summed E-state index contributed by atoms with van der Waals surface area (Å²) >= 11 is 1.67. The lowest BCUT2D eigenvalue weighted by Gasteiger charge is -2.07. The van der Waals surface area contributed by atoms with E-state index in [-0.39, 0.29) is 6.61 Å². The monoisotopic (exact) mass is 227 g/mol. The zero-order chi connectivity index (χ0) is 11.1. The molecular weight excluding hydrogens is 210 g/mol. The first kappa shape index (κ1) is 12.5. The Morgan fingerprint density at radius 1 is 1.47 bits per heavy atom. The molecule has 1 aromatic heterocycles. The number of thioether (sulfide) groups is 1. The number of hydrogen-bond donors (Lipinski definition) is 2. The van der Waals surface area contributed by atoms with Crippen molar-refractivity contribution in [1.29, 1.82) is 0 Å². The van der Waals surface area contributed by atoms with Crippen LogP contribution in [0, 0.1) is 0 Å². The Morgan fingerprint density at radius 3 is 2.80 bits per heavy atom. The summed E-state index contributed by atoms with van der Waals surface area (Å²) < 4.78 is 0. The van der Waals surface area contributed by atoms with E-state index in [2.05, 4.69) is 4.98 Å². The van der Waals surface area contributed by atoms with Gasteiger partial charge in [0.2, 0.25) is 0 Å². The topological polar surface area (TPSA) is 53.4 Å². The van der Waals surface area contributed by atoms with E-state index in [1.165, 1.54) is 0 Å². The van der Waals surface area contributed by atoms with Gasteiger partial charge in [-0.15, -0.1) is 11.8 Å². The van der Waals surface area contributed by atoms with E-state index in [1.807, 2.05) is 19.1 Å². The summed E-state index contributed by atoms with van der Waals surface area (Å²) in [5.74, 6) is 0.897. The smallest absolute Gasteiger partial charge is 0.0957 e. The molecule has 0 aliphatic heterocycles. The molecule has 1 rings (SSSR count). The number of rotatable bonds is 6. The number of hydrogen-bond acceptors (Lipinski definition) is 4. The van der Waals surface area contributed by atoms with Crippen molar-refractivity contribution in [2.24, 2.45) is 0 Å². The van der Waals surface area contributed by atoms with Gasteiger partial charge in [-0.05, 0) is 25.0 Å². The second kappa shape index (κ2) is 6.82. The van der Waals surface area contributed by atoms with Crippen LogP contribution in [0.3, 0.4) is 0 Å². The van der Waals surface area contributed by atoms with Crippen LogP contribution in [0.2, 0.25) is 0 Å². The second-order valence-electron chi connectivity index (χ2n) is 3.27. The summed E-state index contributed by atoms with van der Waals surface area (Å²) in [6, 6.07) is 3.82. The summed E-state index contributed by atoms with van der Waals surface area (Å²) in [6.45, 7) is 2.16. The van der Waals surface area contributed by atoms with Crippen molar-refractivity contribution in [3.8, 4) is 0 Å². The standard InChI is InChI=1S/C11H17NO2S/c1-2-11(14)10-5-4-9(8-12-10)15-7-3-6-13/h4-5,8,11,13-14H,2-3,6-7H2,1H3/t11-/m0/s1. The van der Waals surface area contributed by atoms with Crippen LogP contribution in [0.15, 0.2) is 23.2 Å². The summed E-state index contributed by atoms with van der Waals surface area (Å²) in [5.41, 5.74) is 0.726. The van der Waals surface area contributed by atoms with Gasteiger partial charge in [-0.1, -0.05) is 6.92 Å². The molecule has 2 N–H and O–H groups in total. The summed E-state index contributed by atoms with van der Waals surface area (Å²) in [4.78, 5) is 5.27. The van der Waals surface area contributed by atoms with Crippen molar-refractivity contribution in [3.05, 3.63) is 24.0 Å². The number of aromatic nitrogens is 1. The average Bonchev–Trinajstić information content (AvgIpc) is 2.29. The minimum Gasteiger partial charge on any atom is -0.396 e. The lowest BCUT2D eigenvalue weighted by Crippen LogP contribution is -1.98. The van der Waals surface area contributed by atoms with Crippen LogP contribution in [0.25, 0.3) is 0 Å². The average molecular weight is 227 g/mol. The van der Waals surface area contributed by atoms with Crippen LogP contribution < -0.4 is 0 Å². The van der Waals surface area contributed by atoms with Crippen LogP contribution in [-0.2, 0) is 0 Å².